The maximum atomic E-state index is 8.59. The Kier molecular flexibility index (Phi) is 5.49. The van der Waals surface area contributed by atoms with Gasteiger partial charge in [-0.05, 0) is 24.0 Å². The molecule has 0 fully saturated rings. The van der Waals surface area contributed by atoms with E-state index in [9.17, 15) is 0 Å². The van der Waals surface area contributed by atoms with E-state index in [4.69, 9.17) is 15.7 Å². The number of rotatable bonds is 6. The van der Waals surface area contributed by atoms with Gasteiger partial charge in [-0.1, -0.05) is 44.1 Å². The molecule has 0 spiro atoms. The second-order valence-corrected chi connectivity index (χ2v) is 4.58. The van der Waals surface area contributed by atoms with E-state index in [0.29, 0.717) is 12.5 Å². The molecule has 100 valence electrons. The highest BCUT2D eigenvalue weighted by atomic mass is 16.5. The Morgan fingerprint density at radius 3 is 2.67 bits per heavy atom. The van der Waals surface area contributed by atoms with Crippen LogP contribution in [0.4, 0.5) is 0 Å². The van der Waals surface area contributed by atoms with Crippen molar-refractivity contribution in [2.75, 3.05) is 6.61 Å². The summed E-state index contributed by atoms with van der Waals surface area (Å²) in [4.78, 5) is 0. The third-order valence-electron chi connectivity index (χ3n) is 3.17. The zero-order valence-corrected chi connectivity index (χ0v) is 11.3. The number of benzene rings is 1. The molecule has 4 nitrogen and oxygen atoms in total. The summed E-state index contributed by atoms with van der Waals surface area (Å²) in [5, 5.41) is 11.6. The molecule has 0 aromatic heterocycles. The fourth-order valence-electron chi connectivity index (χ4n) is 1.64. The van der Waals surface area contributed by atoms with Crippen LogP contribution < -0.4 is 10.5 Å². The molecule has 0 aliphatic rings. The van der Waals surface area contributed by atoms with Gasteiger partial charge in [0.2, 0.25) is 0 Å². The van der Waals surface area contributed by atoms with E-state index in [2.05, 4.69) is 25.1 Å². The molecule has 0 amide bonds. The van der Waals surface area contributed by atoms with Gasteiger partial charge >= 0.3 is 0 Å². The van der Waals surface area contributed by atoms with Crippen LogP contribution in [0.3, 0.4) is 0 Å². The van der Waals surface area contributed by atoms with E-state index in [0.717, 1.165) is 12.2 Å². The molecule has 3 N–H and O–H groups in total. The first-order valence-corrected chi connectivity index (χ1v) is 6.29. The number of hydrogen-bond donors (Lipinski definition) is 2. The summed E-state index contributed by atoms with van der Waals surface area (Å²) in [6.45, 7) is 6.60. The molecule has 2 atom stereocenters. The predicted molar refractivity (Wildman–Crippen MR) is 73.2 cm³/mol. The van der Waals surface area contributed by atoms with Crippen molar-refractivity contribution in [3.05, 3.63) is 29.8 Å². The van der Waals surface area contributed by atoms with E-state index in [1.807, 2.05) is 25.1 Å². The smallest absolute Gasteiger partial charge is 0.145 e. The van der Waals surface area contributed by atoms with Gasteiger partial charge in [0.25, 0.3) is 0 Å². The number of nitrogens with zero attached hydrogens (tertiary/aromatic N) is 1. The summed E-state index contributed by atoms with van der Waals surface area (Å²) in [7, 11) is 0. The van der Waals surface area contributed by atoms with Crippen LogP contribution in [0.2, 0.25) is 0 Å². The van der Waals surface area contributed by atoms with E-state index in [1.165, 1.54) is 5.56 Å². The normalized spacial score (nSPS) is 15.2. The van der Waals surface area contributed by atoms with Crippen LogP contribution in [-0.4, -0.2) is 17.6 Å². The number of oxime groups is 1. The van der Waals surface area contributed by atoms with Crippen molar-refractivity contribution < 1.29 is 9.94 Å². The molecule has 1 aromatic carbocycles. The summed E-state index contributed by atoms with van der Waals surface area (Å²) < 4.78 is 5.77. The third kappa shape index (κ3) is 3.65. The average Bonchev–Trinajstić information content (AvgIpc) is 2.43. The maximum absolute atomic E-state index is 8.59. The first-order chi connectivity index (χ1) is 8.60. The Morgan fingerprint density at radius 2 is 2.06 bits per heavy atom. The number of ether oxygens (including phenoxy) is 1. The number of amidine groups is 1. The lowest BCUT2D eigenvalue weighted by molar-refractivity contribution is 0.276. The zero-order valence-electron chi connectivity index (χ0n) is 11.3. The molecule has 0 aliphatic heterocycles. The third-order valence-corrected chi connectivity index (χ3v) is 3.17. The Hall–Kier alpha value is -1.71. The van der Waals surface area contributed by atoms with E-state index in [-0.39, 0.29) is 11.8 Å². The number of hydrogen-bond acceptors (Lipinski definition) is 3. The van der Waals surface area contributed by atoms with Crippen molar-refractivity contribution in [1.29, 1.82) is 0 Å². The van der Waals surface area contributed by atoms with E-state index < -0.39 is 0 Å². The maximum Gasteiger partial charge on any atom is 0.145 e. The Balaban J connectivity index is 2.73. The first kappa shape index (κ1) is 14.4. The zero-order chi connectivity index (χ0) is 13.5. The largest absolute Gasteiger partial charge is 0.493 e. The molecule has 0 saturated heterocycles. The van der Waals surface area contributed by atoms with Gasteiger partial charge in [-0.2, -0.15) is 0 Å². The summed E-state index contributed by atoms with van der Waals surface area (Å²) >= 11 is 0. The highest BCUT2D eigenvalue weighted by molar-refractivity contribution is 5.81. The van der Waals surface area contributed by atoms with Gasteiger partial charge in [0.05, 0.1) is 12.5 Å². The van der Waals surface area contributed by atoms with Crippen molar-refractivity contribution in [2.24, 2.45) is 16.8 Å². The molecule has 1 aromatic rings. The van der Waals surface area contributed by atoms with E-state index in [1.54, 1.807) is 0 Å². The summed E-state index contributed by atoms with van der Waals surface area (Å²) in [6.07, 6.45) is 1.07. The molecule has 0 radical (unpaired) electrons. The molecule has 2 unspecified atom stereocenters. The molecule has 1 rings (SSSR count). The van der Waals surface area contributed by atoms with Crippen molar-refractivity contribution in [3.8, 4) is 5.75 Å². The van der Waals surface area contributed by atoms with Crippen LogP contribution in [0, 0.1) is 5.92 Å². The quantitative estimate of drug-likeness (QED) is 0.353. The van der Waals surface area contributed by atoms with Gasteiger partial charge in [-0.3, -0.25) is 0 Å². The standard InChI is InChI=1S/C14H22N2O2/c1-4-10(2)12-7-5-6-8-13(12)18-9-11(3)14(15)16-17/h5-8,10-11,17H,4,9H2,1-3H3,(H2,15,16). The van der Waals surface area contributed by atoms with Crippen molar-refractivity contribution >= 4 is 5.84 Å². The fraction of sp³-hybridized carbons (Fsp3) is 0.500. The van der Waals surface area contributed by atoms with Crippen molar-refractivity contribution in [3.63, 3.8) is 0 Å². The van der Waals surface area contributed by atoms with Gasteiger partial charge in [0.1, 0.15) is 11.6 Å². The summed E-state index contributed by atoms with van der Waals surface area (Å²) in [5.41, 5.74) is 6.73. The molecule has 0 heterocycles. The van der Waals surface area contributed by atoms with Gasteiger partial charge in [-0.15, -0.1) is 0 Å². The van der Waals surface area contributed by atoms with Crippen LogP contribution >= 0.6 is 0 Å². The van der Waals surface area contributed by atoms with Gasteiger partial charge in [0, 0.05) is 0 Å². The number of para-hydroxylation sites is 1. The first-order valence-electron chi connectivity index (χ1n) is 6.29. The van der Waals surface area contributed by atoms with Crippen molar-refractivity contribution in [1.82, 2.24) is 0 Å². The lowest BCUT2D eigenvalue weighted by Gasteiger charge is -2.17. The highest BCUT2D eigenvalue weighted by Crippen LogP contribution is 2.28. The molecule has 18 heavy (non-hydrogen) atoms. The second kappa shape index (κ2) is 6.89. The lowest BCUT2D eigenvalue weighted by Crippen LogP contribution is -2.26. The number of nitrogens with two attached hydrogens (primary N) is 1. The van der Waals surface area contributed by atoms with Gasteiger partial charge in [0.15, 0.2) is 0 Å². The topological polar surface area (TPSA) is 67.8 Å². The minimum atomic E-state index is -0.111. The molecule has 0 bridgehead atoms. The monoisotopic (exact) mass is 250 g/mol. The van der Waals surface area contributed by atoms with Crippen LogP contribution in [0.1, 0.15) is 38.7 Å². The van der Waals surface area contributed by atoms with Gasteiger partial charge in [-0.25, -0.2) is 0 Å². The van der Waals surface area contributed by atoms with Crippen LogP contribution in [0.15, 0.2) is 29.4 Å². The highest BCUT2D eigenvalue weighted by Gasteiger charge is 2.12. The Labute approximate surface area is 108 Å². The average molecular weight is 250 g/mol. The summed E-state index contributed by atoms with van der Waals surface area (Å²) in [6, 6.07) is 8.01. The molecular formula is C14H22N2O2. The predicted octanol–water partition coefficient (Wildman–Crippen LogP) is 2.96. The fourth-order valence-corrected chi connectivity index (χ4v) is 1.64. The van der Waals surface area contributed by atoms with Crippen LogP contribution in [0.5, 0.6) is 5.75 Å². The van der Waals surface area contributed by atoms with Crippen molar-refractivity contribution in [2.45, 2.75) is 33.1 Å². The molecule has 0 saturated carbocycles. The Morgan fingerprint density at radius 1 is 1.39 bits per heavy atom. The van der Waals surface area contributed by atoms with E-state index >= 15 is 0 Å². The summed E-state index contributed by atoms with van der Waals surface area (Å²) in [5.74, 6) is 1.42. The minimum Gasteiger partial charge on any atom is -0.493 e. The SMILES string of the molecule is CCC(C)c1ccccc1OCC(C)/C(N)=N/O. The van der Waals surface area contributed by atoms with Crippen LogP contribution in [-0.2, 0) is 0 Å². The second-order valence-electron chi connectivity index (χ2n) is 4.58. The van der Waals surface area contributed by atoms with Crippen LogP contribution in [0.25, 0.3) is 0 Å². The molecular weight excluding hydrogens is 228 g/mol. The lowest BCUT2D eigenvalue weighted by atomic mass is 9.98. The Bertz CT molecular complexity index is 405. The van der Waals surface area contributed by atoms with Gasteiger partial charge < -0.3 is 15.7 Å². The molecule has 4 heteroatoms. The molecule has 0 aliphatic carbocycles. The minimum absolute atomic E-state index is 0.111.